The zero-order valence-electron chi connectivity index (χ0n) is 9.62. The van der Waals surface area contributed by atoms with Crippen molar-refractivity contribution in [3.05, 3.63) is 24.0 Å². The number of nitrogens with one attached hydrogen (secondary N) is 1. The zero-order valence-corrected chi connectivity index (χ0v) is 9.62. The van der Waals surface area contributed by atoms with Gasteiger partial charge in [0.05, 0.1) is 11.8 Å². The monoisotopic (exact) mass is 228 g/mol. The van der Waals surface area contributed by atoms with Crippen LogP contribution >= 0.6 is 0 Å². The molecule has 1 N–H and O–H groups in total. The summed E-state index contributed by atoms with van der Waals surface area (Å²) in [5.41, 5.74) is 0.424. The number of nitrogens with zero attached hydrogens (tertiary/aromatic N) is 5. The minimum absolute atomic E-state index is 0.355. The van der Waals surface area contributed by atoms with Crippen LogP contribution in [0.2, 0.25) is 0 Å². The Balaban J connectivity index is 2.91. The molecular weight excluding hydrogens is 216 g/mol. The molecule has 0 radical (unpaired) electrons. The fourth-order valence-electron chi connectivity index (χ4n) is 1.24. The first kappa shape index (κ1) is 12.5. The predicted octanol–water partition coefficient (Wildman–Crippen LogP) is 0.540. The molecule has 0 aromatic carbocycles. The van der Waals surface area contributed by atoms with E-state index >= 15 is 0 Å². The second kappa shape index (κ2) is 5.47. The van der Waals surface area contributed by atoms with Crippen LogP contribution < -0.4 is 5.01 Å². The Morgan fingerprint density at radius 3 is 2.82 bits per heavy atom. The van der Waals surface area contributed by atoms with Crippen molar-refractivity contribution in [3.8, 4) is 12.1 Å². The van der Waals surface area contributed by atoms with Gasteiger partial charge in [-0.2, -0.15) is 10.5 Å². The van der Waals surface area contributed by atoms with Gasteiger partial charge < -0.3 is 5.01 Å². The highest BCUT2D eigenvalue weighted by molar-refractivity contribution is 6.03. The van der Waals surface area contributed by atoms with E-state index in [0.717, 1.165) is 5.69 Å². The highest BCUT2D eigenvalue weighted by atomic mass is 15.5. The van der Waals surface area contributed by atoms with E-state index in [2.05, 4.69) is 4.99 Å². The van der Waals surface area contributed by atoms with Crippen molar-refractivity contribution >= 4 is 11.9 Å². The molecule has 1 rings (SSSR count). The van der Waals surface area contributed by atoms with Crippen LogP contribution in [-0.4, -0.2) is 36.7 Å². The highest BCUT2D eigenvalue weighted by Gasteiger charge is 2.10. The summed E-state index contributed by atoms with van der Waals surface area (Å²) in [7, 11) is 3.74. The molecule has 0 saturated heterocycles. The van der Waals surface area contributed by atoms with Crippen molar-refractivity contribution in [2.45, 2.75) is 6.04 Å². The molecule has 6 heteroatoms. The van der Waals surface area contributed by atoms with Crippen molar-refractivity contribution in [2.24, 2.45) is 4.99 Å². The SMILES string of the molecule is CN(C)n1cccc1C=N[C@H](C#N)C(=N)C#N. The summed E-state index contributed by atoms with van der Waals surface area (Å²) >= 11 is 0. The van der Waals surface area contributed by atoms with E-state index in [1.807, 2.05) is 42.1 Å². The van der Waals surface area contributed by atoms with Gasteiger partial charge in [-0.05, 0) is 12.1 Å². The molecule has 0 spiro atoms. The largest absolute Gasteiger partial charge is 0.319 e. The van der Waals surface area contributed by atoms with Crippen molar-refractivity contribution in [2.75, 3.05) is 19.1 Å². The van der Waals surface area contributed by atoms with Gasteiger partial charge in [0.15, 0.2) is 6.04 Å². The number of aromatic nitrogens is 1. The minimum Gasteiger partial charge on any atom is -0.319 e. The van der Waals surface area contributed by atoms with Crippen molar-refractivity contribution < 1.29 is 0 Å². The summed E-state index contributed by atoms with van der Waals surface area (Å²) in [6.07, 6.45) is 3.33. The number of hydrogen-bond donors (Lipinski definition) is 1. The van der Waals surface area contributed by atoms with Gasteiger partial charge in [-0.25, -0.2) is 0 Å². The van der Waals surface area contributed by atoms with Crippen molar-refractivity contribution in [1.29, 1.82) is 15.9 Å². The maximum atomic E-state index is 8.76. The third kappa shape index (κ3) is 2.93. The predicted molar refractivity (Wildman–Crippen MR) is 64.8 cm³/mol. The second-order valence-electron chi connectivity index (χ2n) is 3.46. The summed E-state index contributed by atoms with van der Waals surface area (Å²) < 4.78 is 1.83. The summed E-state index contributed by atoms with van der Waals surface area (Å²) in [6, 6.07) is 6.05. The Kier molecular flexibility index (Phi) is 4.02. The van der Waals surface area contributed by atoms with E-state index in [4.69, 9.17) is 15.9 Å². The summed E-state index contributed by atoms with van der Waals surface area (Å²) in [5.74, 6) is 0. The molecule has 17 heavy (non-hydrogen) atoms. The molecule has 0 saturated carbocycles. The molecule has 0 aliphatic carbocycles. The van der Waals surface area contributed by atoms with E-state index in [0.29, 0.717) is 0 Å². The molecule has 0 unspecified atom stereocenters. The van der Waals surface area contributed by atoms with Crippen LogP contribution in [0.5, 0.6) is 0 Å². The molecule has 0 aliphatic rings. The first-order chi connectivity index (χ1) is 8.10. The first-order valence-electron chi connectivity index (χ1n) is 4.86. The molecule has 0 amide bonds. The molecule has 86 valence electrons. The van der Waals surface area contributed by atoms with Gasteiger partial charge in [0.25, 0.3) is 0 Å². The molecule has 6 nitrogen and oxygen atoms in total. The van der Waals surface area contributed by atoms with Crippen LogP contribution in [0.3, 0.4) is 0 Å². The zero-order chi connectivity index (χ0) is 12.8. The topological polar surface area (TPSA) is 92.0 Å². The smallest absolute Gasteiger partial charge is 0.187 e. The molecular formula is C11H12N6. The molecule has 1 atom stereocenters. The maximum Gasteiger partial charge on any atom is 0.187 e. The summed E-state index contributed by atoms with van der Waals surface area (Å²) in [4.78, 5) is 3.92. The van der Waals surface area contributed by atoms with Crippen LogP contribution in [0.1, 0.15) is 5.69 Å². The summed E-state index contributed by atoms with van der Waals surface area (Å²) in [6.45, 7) is 0. The van der Waals surface area contributed by atoms with Gasteiger partial charge in [-0.3, -0.25) is 15.1 Å². The van der Waals surface area contributed by atoms with E-state index in [-0.39, 0.29) is 5.71 Å². The number of rotatable bonds is 4. The minimum atomic E-state index is -1.04. The van der Waals surface area contributed by atoms with Crippen molar-refractivity contribution in [1.82, 2.24) is 4.68 Å². The third-order valence-electron chi connectivity index (χ3n) is 2.06. The fourth-order valence-corrected chi connectivity index (χ4v) is 1.24. The van der Waals surface area contributed by atoms with Gasteiger partial charge in [-0.15, -0.1) is 0 Å². The molecule has 1 aromatic rings. The Morgan fingerprint density at radius 2 is 2.29 bits per heavy atom. The quantitative estimate of drug-likeness (QED) is 0.762. The fraction of sp³-hybridized carbons (Fsp3) is 0.273. The highest BCUT2D eigenvalue weighted by Crippen LogP contribution is 2.00. The first-order valence-corrected chi connectivity index (χ1v) is 4.86. The molecule has 0 aliphatic heterocycles. The maximum absolute atomic E-state index is 8.76. The Bertz CT molecular complexity index is 511. The molecule has 1 heterocycles. The van der Waals surface area contributed by atoms with Crippen LogP contribution in [-0.2, 0) is 0 Å². The van der Waals surface area contributed by atoms with E-state index in [1.54, 1.807) is 12.1 Å². The lowest BCUT2D eigenvalue weighted by Crippen LogP contribution is -2.26. The third-order valence-corrected chi connectivity index (χ3v) is 2.06. The van der Waals surface area contributed by atoms with E-state index < -0.39 is 6.04 Å². The normalized spacial score (nSPS) is 11.8. The van der Waals surface area contributed by atoms with E-state index in [1.165, 1.54) is 6.21 Å². The average Bonchev–Trinajstić information content (AvgIpc) is 2.77. The molecule has 1 aromatic heterocycles. The van der Waals surface area contributed by atoms with Gasteiger partial charge in [-0.1, -0.05) is 0 Å². The van der Waals surface area contributed by atoms with Crippen LogP contribution in [0.4, 0.5) is 0 Å². The lowest BCUT2D eigenvalue weighted by atomic mass is 10.2. The average molecular weight is 228 g/mol. The molecule has 0 fully saturated rings. The number of aliphatic imine (C=N–C) groups is 1. The van der Waals surface area contributed by atoms with Gasteiger partial charge >= 0.3 is 0 Å². The van der Waals surface area contributed by atoms with Gasteiger partial charge in [0, 0.05) is 26.5 Å². The van der Waals surface area contributed by atoms with Gasteiger partial charge in [0.1, 0.15) is 11.8 Å². The molecule has 0 bridgehead atoms. The number of nitriles is 2. The lowest BCUT2D eigenvalue weighted by Gasteiger charge is -2.16. The Morgan fingerprint density at radius 1 is 1.59 bits per heavy atom. The van der Waals surface area contributed by atoms with Crippen molar-refractivity contribution in [3.63, 3.8) is 0 Å². The standard InChI is InChI=1S/C11H12N6/c1-16(2)17-5-3-4-9(17)8-15-11(7-13)10(14)6-12/h3-5,8,11,14H,1-2H3/t11-/m1/s1. The lowest BCUT2D eigenvalue weighted by molar-refractivity contribution is 0.731. The second-order valence-corrected chi connectivity index (χ2v) is 3.46. The summed E-state index contributed by atoms with van der Waals surface area (Å²) in [5, 5.41) is 26.4. The van der Waals surface area contributed by atoms with Crippen LogP contribution in [0.25, 0.3) is 0 Å². The Labute approximate surface area is 99.5 Å². The van der Waals surface area contributed by atoms with Crippen LogP contribution in [0, 0.1) is 28.1 Å². The Hall–Kier alpha value is -2.60. The van der Waals surface area contributed by atoms with Crippen LogP contribution in [0.15, 0.2) is 23.3 Å². The van der Waals surface area contributed by atoms with Gasteiger partial charge in [0.2, 0.25) is 0 Å². The number of hydrogen-bond acceptors (Lipinski definition) is 5. The van der Waals surface area contributed by atoms with E-state index in [9.17, 15) is 0 Å².